The Balaban J connectivity index is 1.58. The van der Waals surface area contributed by atoms with Crippen LogP contribution < -0.4 is 9.47 Å². The first kappa shape index (κ1) is 16.0. The summed E-state index contributed by atoms with van der Waals surface area (Å²) < 4.78 is 11.9. The molecule has 0 saturated heterocycles. The minimum Gasteiger partial charge on any atom is -0.457 e. The number of hydrogen-bond donors (Lipinski definition) is 0. The molecule has 0 bridgehead atoms. The van der Waals surface area contributed by atoms with E-state index in [2.05, 4.69) is 6.07 Å². The highest BCUT2D eigenvalue weighted by Crippen LogP contribution is 2.34. The van der Waals surface area contributed by atoms with Crippen LogP contribution in [0.15, 0.2) is 109 Å². The fourth-order valence-electron chi connectivity index (χ4n) is 2.74. The number of hydrogen-bond acceptors (Lipinski definition) is 2. The third-order valence-electron chi connectivity index (χ3n) is 4.00. The summed E-state index contributed by atoms with van der Waals surface area (Å²) >= 11 is 0. The van der Waals surface area contributed by atoms with Crippen LogP contribution >= 0.6 is 0 Å². The van der Waals surface area contributed by atoms with Gasteiger partial charge in [0.05, 0.1) is 0 Å². The Morgan fingerprint density at radius 1 is 0.385 bits per heavy atom. The van der Waals surface area contributed by atoms with Gasteiger partial charge in [0, 0.05) is 5.56 Å². The normalized spacial score (nSPS) is 10.3. The summed E-state index contributed by atoms with van der Waals surface area (Å²) in [6.45, 7) is 0. The minimum absolute atomic E-state index is 0.807. The number of benzene rings is 4. The fraction of sp³-hybridized carbons (Fsp3) is 0. The molecule has 0 fully saturated rings. The van der Waals surface area contributed by atoms with E-state index < -0.39 is 0 Å². The van der Waals surface area contributed by atoms with Crippen molar-refractivity contribution in [3.8, 4) is 34.1 Å². The SMILES string of the molecule is c1ccc(Oc2ccc(-c3ccccc3Oc3ccccc3)cc2)cc1. The standard InChI is InChI=1S/C24H18O2/c1-3-9-20(10-4-1)25-22-17-15-19(16-18-22)23-13-7-8-14-24(23)26-21-11-5-2-6-12-21/h1-18H. The maximum absolute atomic E-state index is 6.06. The number of ether oxygens (including phenoxy) is 2. The second-order valence-electron chi connectivity index (χ2n) is 5.85. The van der Waals surface area contributed by atoms with E-state index in [1.807, 2.05) is 103 Å². The molecule has 0 heterocycles. The third-order valence-corrected chi connectivity index (χ3v) is 4.00. The molecule has 0 amide bonds. The second-order valence-corrected chi connectivity index (χ2v) is 5.85. The van der Waals surface area contributed by atoms with E-state index in [4.69, 9.17) is 9.47 Å². The van der Waals surface area contributed by atoms with E-state index in [0.29, 0.717) is 0 Å². The van der Waals surface area contributed by atoms with E-state index in [9.17, 15) is 0 Å². The van der Waals surface area contributed by atoms with Crippen LogP contribution in [0.3, 0.4) is 0 Å². The first-order chi connectivity index (χ1) is 12.9. The molecule has 4 aromatic rings. The lowest BCUT2D eigenvalue weighted by Crippen LogP contribution is -1.88. The molecule has 0 aliphatic rings. The molecule has 0 spiro atoms. The molecule has 4 rings (SSSR count). The number of rotatable bonds is 5. The molecule has 26 heavy (non-hydrogen) atoms. The smallest absolute Gasteiger partial charge is 0.135 e. The predicted octanol–water partition coefficient (Wildman–Crippen LogP) is 6.94. The summed E-state index contributed by atoms with van der Waals surface area (Å²) in [5, 5.41) is 0. The highest BCUT2D eigenvalue weighted by atomic mass is 16.5. The van der Waals surface area contributed by atoms with Gasteiger partial charge in [-0.05, 0) is 48.0 Å². The van der Waals surface area contributed by atoms with Crippen LogP contribution in [0.25, 0.3) is 11.1 Å². The summed E-state index contributed by atoms with van der Waals surface area (Å²) in [5.41, 5.74) is 2.12. The minimum atomic E-state index is 0.807. The van der Waals surface area contributed by atoms with Gasteiger partial charge in [0.1, 0.15) is 23.0 Å². The van der Waals surface area contributed by atoms with Crippen LogP contribution in [-0.4, -0.2) is 0 Å². The average molecular weight is 338 g/mol. The van der Waals surface area contributed by atoms with Gasteiger partial charge in [-0.2, -0.15) is 0 Å². The Morgan fingerprint density at radius 2 is 0.885 bits per heavy atom. The van der Waals surface area contributed by atoms with E-state index in [-0.39, 0.29) is 0 Å². The summed E-state index contributed by atoms with van der Waals surface area (Å²) in [7, 11) is 0. The molecule has 0 aliphatic carbocycles. The van der Waals surface area contributed by atoms with E-state index in [0.717, 1.165) is 34.1 Å². The summed E-state index contributed by atoms with van der Waals surface area (Å²) in [6.07, 6.45) is 0. The molecular weight excluding hydrogens is 320 g/mol. The average Bonchev–Trinajstić information content (AvgIpc) is 2.71. The van der Waals surface area contributed by atoms with Crippen molar-refractivity contribution in [1.82, 2.24) is 0 Å². The first-order valence-electron chi connectivity index (χ1n) is 8.54. The highest BCUT2D eigenvalue weighted by molar-refractivity contribution is 5.71. The molecule has 0 unspecified atom stereocenters. The number of para-hydroxylation sites is 3. The van der Waals surface area contributed by atoms with Gasteiger partial charge in [-0.3, -0.25) is 0 Å². The lowest BCUT2D eigenvalue weighted by molar-refractivity contribution is 0.482. The summed E-state index contributed by atoms with van der Waals surface area (Å²) in [6, 6.07) is 35.7. The quantitative estimate of drug-likeness (QED) is 0.392. The maximum atomic E-state index is 6.06. The van der Waals surface area contributed by atoms with Crippen molar-refractivity contribution in [3.05, 3.63) is 109 Å². The second kappa shape index (κ2) is 7.58. The van der Waals surface area contributed by atoms with Crippen molar-refractivity contribution >= 4 is 0 Å². The summed E-state index contributed by atoms with van der Waals surface area (Å²) in [5.74, 6) is 3.29. The Kier molecular flexibility index (Phi) is 4.66. The van der Waals surface area contributed by atoms with E-state index in [1.165, 1.54) is 0 Å². The van der Waals surface area contributed by atoms with Crippen molar-refractivity contribution < 1.29 is 9.47 Å². The van der Waals surface area contributed by atoms with Crippen LogP contribution in [0.1, 0.15) is 0 Å². The van der Waals surface area contributed by atoms with Crippen molar-refractivity contribution in [1.29, 1.82) is 0 Å². The lowest BCUT2D eigenvalue weighted by atomic mass is 10.0. The molecular formula is C24H18O2. The van der Waals surface area contributed by atoms with Gasteiger partial charge in [0.25, 0.3) is 0 Å². The maximum Gasteiger partial charge on any atom is 0.135 e. The van der Waals surface area contributed by atoms with Gasteiger partial charge in [-0.15, -0.1) is 0 Å². The molecule has 4 aromatic carbocycles. The van der Waals surface area contributed by atoms with Crippen LogP contribution in [0.4, 0.5) is 0 Å². The predicted molar refractivity (Wildman–Crippen MR) is 105 cm³/mol. The molecule has 2 nitrogen and oxygen atoms in total. The first-order valence-corrected chi connectivity index (χ1v) is 8.54. The molecule has 2 heteroatoms. The largest absolute Gasteiger partial charge is 0.457 e. The zero-order valence-electron chi connectivity index (χ0n) is 14.2. The van der Waals surface area contributed by atoms with Crippen molar-refractivity contribution in [3.63, 3.8) is 0 Å². The van der Waals surface area contributed by atoms with Crippen molar-refractivity contribution in [2.75, 3.05) is 0 Å². The van der Waals surface area contributed by atoms with E-state index in [1.54, 1.807) is 0 Å². The zero-order valence-corrected chi connectivity index (χ0v) is 14.2. The van der Waals surface area contributed by atoms with E-state index >= 15 is 0 Å². The van der Waals surface area contributed by atoms with Gasteiger partial charge >= 0.3 is 0 Å². The van der Waals surface area contributed by atoms with Gasteiger partial charge < -0.3 is 9.47 Å². The Labute approximate surface area is 153 Å². The van der Waals surface area contributed by atoms with Crippen LogP contribution in [0.5, 0.6) is 23.0 Å². The molecule has 0 atom stereocenters. The van der Waals surface area contributed by atoms with Gasteiger partial charge in [0.2, 0.25) is 0 Å². The molecule has 0 radical (unpaired) electrons. The highest BCUT2D eigenvalue weighted by Gasteiger charge is 2.07. The fourth-order valence-corrected chi connectivity index (χ4v) is 2.74. The molecule has 0 aromatic heterocycles. The Morgan fingerprint density at radius 3 is 1.54 bits per heavy atom. The Hall–Kier alpha value is -3.52. The lowest BCUT2D eigenvalue weighted by Gasteiger charge is -2.12. The molecule has 0 aliphatic heterocycles. The van der Waals surface area contributed by atoms with Crippen molar-refractivity contribution in [2.45, 2.75) is 0 Å². The van der Waals surface area contributed by atoms with Gasteiger partial charge in [-0.25, -0.2) is 0 Å². The van der Waals surface area contributed by atoms with Crippen molar-refractivity contribution in [2.24, 2.45) is 0 Å². The molecule has 0 saturated carbocycles. The van der Waals surface area contributed by atoms with Gasteiger partial charge in [-0.1, -0.05) is 66.7 Å². The van der Waals surface area contributed by atoms with Gasteiger partial charge in [0.15, 0.2) is 0 Å². The topological polar surface area (TPSA) is 18.5 Å². The van der Waals surface area contributed by atoms with Crippen LogP contribution in [0, 0.1) is 0 Å². The molecule has 126 valence electrons. The van der Waals surface area contributed by atoms with Crippen LogP contribution in [0.2, 0.25) is 0 Å². The monoisotopic (exact) mass is 338 g/mol. The summed E-state index contributed by atoms with van der Waals surface area (Å²) in [4.78, 5) is 0. The zero-order chi connectivity index (χ0) is 17.6. The Bertz CT molecular complexity index is 962. The third kappa shape index (κ3) is 3.76. The molecule has 0 N–H and O–H groups in total. The van der Waals surface area contributed by atoms with Crippen LogP contribution in [-0.2, 0) is 0 Å².